The van der Waals surface area contributed by atoms with E-state index in [1.165, 1.54) is 25.3 Å². The molecule has 0 unspecified atom stereocenters. The number of nitrogen functional groups attached to an aromatic ring is 1. The van der Waals surface area contributed by atoms with E-state index in [1.54, 1.807) is 0 Å². The van der Waals surface area contributed by atoms with Crippen LogP contribution in [0.15, 0.2) is 30.3 Å². The van der Waals surface area contributed by atoms with Gasteiger partial charge in [-0.15, -0.1) is 0 Å². The monoisotopic (exact) mass is 296 g/mol. The zero-order valence-electron chi connectivity index (χ0n) is 10.9. The van der Waals surface area contributed by atoms with Crippen LogP contribution in [0, 0.1) is 17.5 Å². The molecule has 0 aliphatic carbocycles. The first-order valence-corrected chi connectivity index (χ1v) is 5.82. The fourth-order valence-electron chi connectivity index (χ4n) is 1.69. The number of hydrogen-bond acceptors (Lipinski definition) is 3. The highest BCUT2D eigenvalue weighted by molar-refractivity contribution is 6.04. The molecule has 0 bridgehead atoms. The summed E-state index contributed by atoms with van der Waals surface area (Å²) in [5, 5.41) is 2.34. The zero-order chi connectivity index (χ0) is 15.6. The van der Waals surface area contributed by atoms with E-state index in [0.717, 1.165) is 6.07 Å². The lowest BCUT2D eigenvalue weighted by Crippen LogP contribution is -2.15. The molecule has 0 saturated heterocycles. The van der Waals surface area contributed by atoms with Crippen LogP contribution in [-0.2, 0) is 0 Å². The van der Waals surface area contributed by atoms with E-state index in [9.17, 15) is 18.0 Å². The van der Waals surface area contributed by atoms with Gasteiger partial charge in [0.15, 0.2) is 17.5 Å². The van der Waals surface area contributed by atoms with Crippen LogP contribution in [0.3, 0.4) is 0 Å². The first-order valence-electron chi connectivity index (χ1n) is 5.82. The Morgan fingerprint density at radius 2 is 1.86 bits per heavy atom. The van der Waals surface area contributed by atoms with Crippen molar-refractivity contribution in [3.8, 4) is 5.75 Å². The van der Waals surface area contributed by atoms with E-state index in [2.05, 4.69) is 5.32 Å². The number of amides is 1. The molecular weight excluding hydrogens is 285 g/mol. The summed E-state index contributed by atoms with van der Waals surface area (Å²) in [6.07, 6.45) is 0. The third-order valence-electron chi connectivity index (χ3n) is 2.77. The Balaban J connectivity index is 2.28. The average molecular weight is 296 g/mol. The van der Waals surface area contributed by atoms with Crippen molar-refractivity contribution in [1.82, 2.24) is 0 Å². The van der Waals surface area contributed by atoms with Crippen LogP contribution >= 0.6 is 0 Å². The van der Waals surface area contributed by atoms with Gasteiger partial charge in [0, 0.05) is 11.8 Å². The van der Waals surface area contributed by atoms with Gasteiger partial charge in [0.2, 0.25) is 0 Å². The minimum atomic E-state index is -1.70. The fraction of sp³-hybridized carbons (Fsp3) is 0.0714. The molecule has 2 rings (SSSR count). The standard InChI is InChI=1S/C14H11F3N2O2/c1-21-11-6-7(2-5-10(11)18)19-14(20)8-3-4-9(15)13(17)12(8)16/h2-6H,18H2,1H3,(H,19,20). The Bertz CT molecular complexity index is 705. The van der Waals surface area contributed by atoms with Crippen LogP contribution in [0.5, 0.6) is 5.75 Å². The van der Waals surface area contributed by atoms with Gasteiger partial charge in [-0.05, 0) is 24.3 Å². The number of anilines is 2. The minimum absolute atomic E-state index is 0.273. The molecule has 0 aromatic heterocycles. The van der Waals surface area contributed by atoms with Crippen molar-refractivity contribution >= 4 is 17.3 Å². The number of methoxy groups -OCH3 is 1. The Labute approximate surface area is 118 Å². The molecule has 0 fully saturated rings. The number of carbonyl (C=O) groups excluding carboxylic acids is 1. The summed E-state index contributed by atoms with van der Waals surface area (Å²) < 4.78 is 44.4. The summed E-state index contributed by atoms with van der Waals surface area (Å²) in [4.78, 5) is 11.9. The largest absolute Gasteiger partial charge is 0.495 e. The SMILES string of the molecule is COc1cc(NC(=O)c2ccc(F)c(F)c2F)ccc1N. The van der Waals surface area contributed by atoms with E-state index in [1.807, 2.05) is 0 Å². The molecule has 0 saturated carbocycles. The van der Waals surface area contributed by atoms with Gasteiger partial charge in [-0.1, -0.05) is 0 Å². The summed E-state index contributed by atoms with van der Waals surface area (Å²) in [5.41, 5.74) is 5.64. The number of ether oxygens (including phenoxy) is 1. The molecule has 7 heteroatoms. The van der Waals surface area contributed by atoms with Crippen molar-refractivity contribution in [1.29, 1.82) is 0 Å². The van der Waals surface area contributed by atoms with Crippen molar-refractivity contribution in [3.63, 3.8) is 0 Å². The number of hydrogen-bond donors (Lipinski definition) is 2. The van der Waals surface area contributed by atoms with Crippen LogP contribution in [0.2, 0.25) is 0 Å². The van der Waals surface area contributed by atoms with Gasteiger partial charge < -0.3 is 15.8 Å². The maximum atomic E-state index is 13.5. The Kier molecular flexibility index (Phi) is 4.02. The second-order valence-electron chi connectivity index (χ2n) is 4.13. The first kappa shape index (κ1) is 14.7. The number of nitrogens with two attached hydrogens (primary N) is 1. The van der Waals surface area contributed by atoms with Crippen LogP contribution < -0.4 is 15.8 Å². The normalized spacial score (nSPS) is 10.3. The molecule has 4 nitrogen and oxygen atoms in total. The van der Waals surface area contributed by atoms with E-state index in [0.29, 0.717) is 17.5 Å². The van der Waals surface area contributed by atoms with Crippen molar-refractivity contribution in [2.24, 2.45) is 0 Å². The van der Waals surface area contributed by atoms with Crippen molar-refractivity contribution in [2.45, 2.75) is 0 Å². The van der Waals surface area contributed by atoms with Gasteiger partial charge >= 0.3 is 0 Å². The highest BCUT2D eigenvalue weighted by atomic mass is 19.2. The van der Waals surface area contributed by atoms with Gasteiger partial charge in [0.25, 0.3) is 5.91 Å². The van der Waals surface area contributed by atoms with E-state index in [4.69, 9.17) is 10.5 Å². The quantitative estimate of drug-likeness (QED) is 0.676. The maximum Gasteiger partial charge on any atom is 0.258 e. The number of halogens is 3. The van der Waals surface area contributed by atoms with E-state index in [-0.39, 0.29) is 5.69 Å². The second kappa shape index (κ2) is 5.74. The molecule has 0 aliphatic heterocycles. The number of benzene rings is 2. The van der Waals surface area contributed by atoms with Gasteiger partial charge in [-0.3, -0.25) is 4.79 Å². The molecule has 0 radical (unpaired) electrons. The predicted octanol–water partition coefficient (Wildman–Crippen LogP) is 2.95. The van der Waals surface area contributed by atoms with E-state index >= 15 is 0 Å². The highest BCUT2D eigenvalue weighted by Gasteiger charge is 2.19. The lowest BCUT2D eigenvalue weighted by Gasteiger charge is -2.10. The third-order valence-corrected chi connectivity index (χ3v) is 2.77. The van der Waals surface area contributed by atoms with Crippen LogP contribution in [0.25, 0.3) is 0 Å². The van der Waals surface area contributed by atoms with Crippen molar-refractivity contribution < 1.29 is 22.7 Å². The minimum Gasteiger partial charge on any atom is -0.495 e. The highest BCUT2D eigenvalue weighted by Crippen LogP contribution is 2.25. The Hall–Kier alpha value is -2.70. The molecule has 3 N–H and O–H groups in total. The average Bonchev–Trinajstić information content (AvgIpc) is 2.46. The van der Waals surface area contributed by atoms with Crippen LogP contribution in [0.4, 0.5) is 24.5 Å². The summed E-state index contributed by atoms with van der Waals surface area (Å²) in [5.74, 6) is -5.21. The fourth-order valence-corrected chi connectivity index (χ4v) is 1.69. The van der Waals surface area contributed by atoms with Crippen molar-refractivity contribution in [3.05, 3.63) is 53.3 Å². The zero-order valence-corrected chi connectivity index (χ0v) is 10.9. The maximum absolute atomic E-state index is 13.5. The Morgan fingerprint density at radius 3 is 2.52 bits per heavy atom. The molecule has 0 spiro atoms. The molecule has 1 amide bonds. The van der Waals surface area contributed by atoms with Gasteiger partial charge in [-0.25, -0.2) is 13.2 Å². The topological polar surface area (TPSA) is 64.3 Å². The lowest BCUT2D eigenvalue weighted by molar-refractivity contribution is 0.102. The molecule has 0 aliphatic rings. The molecule has 0 atom stereocenters. The van der Waals surface area contributed by atoms with Crippen molar-refractivity contribution in [2.75, 3.05) is 18.2 Å². The molecule has 2 aromatic carbocycles. The molecule has 2 aromatic rings. The van der Waals surface area contributed by atoms with Gasteiger partial charge in [-0.2, -0.15) is 0 Å². The molecule has 110 valence electrons. The number of carbonyl (C=O) groups is 1. The van der Waals surface area contributed by atoms with Crippen LogP contribution in [-0.4, -0.2) is 13.0 Å². The molecular formula is C14H11F3N2O2. The van der Waals surface area contributed by atoms with E-state index < -0.39 is 28.9 Å². The number of nitrogens with one attached hydrogen (secondary N) is 1. The van der Waals surface area contributed by atoms with Gasteiger partial charge in [0.05, 0.1) is 18.4 Å². The smallest absolute Gasteiger partial charge is 0.258 e. The Morgan fingerprint density at radius 1 is 1.14 bits per heavy atom. The summed E-state index contributed by atoms with van der Waals surface area (Å²) in [7, 11) is 1.40. The lowest BCUT2D eigenvalue weighted by atomic mass is 10.1. The summed E-state index contributed by atoms with van der Waals surface area (Å²) >= 11 is 0. The molecule has 21 heavy (non-hydrogen) atoms. The summed E-state index contributed by atoms with van der Waals surface area (Å²) in [6, 6.07) is 5.91. The van der Waals surface area contributed by atoms with Gasteiger partial charge in [0.1, 0.15) is 5.75 Å². The molecule has 0 heterocycles. The summed E-state index contributed by atoms with van der Waals surface area (Å²) in [6.45, 7) is 0. The number of rotatable bonds is 3. The third kappa shape index (κ3) is 2.91. The second-order valence-corrected chi connectivity index (χ2v) is 4.13. The van der Waals surface area contributed by atoms with Crippen LogP contribution in [0.1, 0.15) is 10.4 Å². The predicted molar refractivity (Wildman–Crippen MR) is 71.7 cm³/mol. The first-order chi connectivity index (χ1) is 9.93.